The monoisotopic (exact) mass is 937 g/mol. The smallest absolute Gasteiger partial charge is 0.306 e. The minimum absolute atomic E-state index is 0.0908. The van der Waals surface area contributed by atoms with Crippen LogP contribution >= 0.6 is 0 Å². The molecule has 0 heterocycles. The number of ether oxygens (including phenoxy) is 3. The highest BCUT2D eigenvalue weighted by atomic mass is 16.6. The van der Waals surface area contributed by atoms with Gasteiger partial charge in [0.1, 0.15) is 13.2 Å². The molecule has 0 radical (unpaired) electrons. The Balaban J connectivity index is 4.40. The second kappa shape index (κ2) is 55.7. The van der Waals surface area contributed by atoms with Gasteiger partial charge < -0.3 is 14.2 Å². The highest BCUT2D eigenvalue weighted by Crippen LogP contribution is 2.15. The van der Waals surface area contributed by atoms with Gasteiger partial charge in [0, 0.05) is 19.3 Å². The van der Waals surface area contributed by atoms with Crippen LogP contribution in [-0.4, -0.2) is 37.2 Å². The molecule has 0 aliphatic rings. The summed E-state index contributed by atoms with van der Waals surface area (Å²) >= 11 is 0. The first-order valence-electron chi connectivity index (χ1n) is 28.8. The van der Waals surface area contributed by atoms with Gasteiger partial charge in [-0.15, -0.1) is 0 Å². The van der Waals surface area contributed by atoms with Gasteiger partial charge in [-0.3, -0.25) is 14.4 Å². The predicted octanol–water partition coefficient (Wildman–Crippen LogP) is 19.2. The second-order valence-corrected chi connectivity index (χ2v) is 19.2. The average Bonchev–Trinajstić information content (AvgIpc) is 3.33. The molecule has 0 spiro atoms. The Labute approximate surface area is 415 Å². The largest absolute Gasteiger partial charge is 0.462 e. The van der Waals surface area contributed by atoms with Crippen molar-refractivity contribution in [3.63, 3.8) is 0 Å². The van der Waals surface area contributed by atoms with Crippen LogP contribution in [0.5, 0.6) is 0 Å². The third-order valence-electron chi connectivity index (χ3n) is 12.5. The summed E-state index contributed by atoms with van der Waals surface area (Å²) in [5, 5.41) is 0. The number of unbranched alkanes of at least 4 members (excludes halogenated alkanes) is 31. The lowest BCUT2D eigenvalue weighted by atomic mass is 10.1. The Morgan fingerprint density at radius 1 is 0.299 bits per heavy atom. The molecule has 6 heteroatoms. The normalized spacial score (nSPS) is 12.5. The molecule has 0 saturated carbocycles. The van der Waals surface area contributed by atoms with Gasteiger partial charge in [-0.05, 0) is 109 Å². The summed E-state index contributed by atoms with van der Waals surface area (Å²) < 4.78 is 16.8. The van der Waals surface area contributed by atoms with Crippen LogP contribution in [0.2, 0.25) is 0 Å². The molecule has 388 valence electrons. The number of esters is 3. The van der Waals surface area contributed by atoms with E-state index in [1.165, 1.54) is 180 Å². The molecule has 0 aliphatic carbocycles. The zero-order chi connectivity index (χ0) is 48.6. The molecule has 0 aromatic heterocycles. The quantitative estimate of drug-likeness (QED) is 0.0262. The highest BCUT2D eigenvalue weighted by molar-refractivity contribution is 5.71. The summed E-state index contributed by atoms with van der Waals surface area (Å²) in [6.07, 6.45) is 69.2. The SMILES string of the molecule is CCCCC/C=C\C/C=C\C/C=C\CCCCC(=O)O[C@@H](COC(=O)CCCCCCCCC/C=C\CCCCCC)COC(=O)CCCCCCCCCCC/C=C\CCCCCCCC. The summed E-state index contributed by atoms with van der Waals surface area (Å²) in [7, 11) is 0. The first-order chi connectivity index (χ1) is 33.0. The summed E-state index contributed by atoms with van der Waals surface area (Å²) in [6.45, 7) is 6.58. The fourth-order valence-electron chi connectivity index (χ4n) is 8.09. The van der Waals surface area contributed by atoms with Gasteiger partial charge in [0.15, 0.2) is 6.10 Å². The first-order valence-corrected chi connectivity index (χ1v) is 28.8. The maximum Gasteiger partial charge on any atom is 0.306 e. The summed E-state index contributed by atoms with van der Waals surface area (Å²) in [6, 6.07) is 0. The van der Waals surface area contributed by atoms with Crippen molar-refractivity contribution >= 4 is 17.9 Å². The lowest BCUT2D eigenvalue weighted by Gasteiger charge is -2.18. The minimum atomic E-state index is -0.796. The van der Waals surface area contributed by atoms with Crippen molar-refractivity contribution in [2.24, 2.45) is 0 Å². The molecular weight excluding hydrogens is 829 g/mol. The van der Waals surface area contributed by atoms with Gasteiger partial charge in [0.05, 0.1) is 0 Å². The minimum Gasteiger partial charge on any atom is -0.462 e. The number of rotatable bonds is 52. The Kier molecular flexibility index (Phi) is 53.3. The molecule has 67 heavy (non-hydrogen) atoms. The molecule has 0 amide bonds. The third-order valence-corrected chi connectivity index (χ3v) is 12.5. The molecule has 0 aliphatic heterocycles. The maximum absolute atomic E-state index is 12.8. The Morgan fingerprint density at radius 2 is 0.537 bits per heavy atom. The topological polar surface area (TPSA) is 78.9 Å². The van der Waals surface area contributed by atoms with Gasteiger partial charge >= 0.3 is 17.9 Å². The van der Waals surface area contributed by atoms with Crippen molar-refractivity contribution in [3.8, 4) is 0 Å². The van der Waals surface area contributed by atoms with Crippen molar-refractivity contribution in [2.45, 2.75) is 297 Å². The number of carbonyl (C=O) groups excluding carboxylic acids is 3. The van der Waals surface area contributed by atoms with E-state index < -0.39 is 6.10 Å². The second-order valence-electron chi connectivity index (χ2n) is 19.2. The lowest BCUT2D eigenvalue weighted by molar-refractivity contribution is -0.167. The van der Waals surface area contributed by atoms with Crippen LogP contribution in [0.1, 0.15) is 290 Å². The van der Waals surface area contributed by atoms with E-state index in [2.05, 4.69) is 81.5 Å². The predicted molar refractivity (Wildman–Crippen MR) is 288 cm³/mol. The van der Waals surface area contributed by atoms with Gasteiger partial charge in [0.25, 0.3) is 0 Å². The fraction of sp³-hybridized carbons (Fsp3) is 0.787. The van der Waals surface area contributed by atoms with Crippen molar-refractivity contribution < 1.29 is 28.6 Å². The average molecular weight is 938 g/mol. The van der Waals surface area contributed by atoms with Crippen molar-refractivity contribution in [3.05, 3.63) is 60.8 Å². The van der Waals surface area contributed by atoms with Gasteiger partial charge in [0.2, 0.25) is 0 Å². The fourth-order valence-corrected chi connectivity index (χ4v) is 8.09. The van der Waals surface area contributed by atoms with Crippen LogP contribution in [0.4, 0.5) is 0 Å². The van der Waals surface area contributed by atoms with Crippen LogP contribution in [-0.2, 0) is 28.6 Å². The van der Waals surface area contributed by atoms with E-state index in [4.69, 9.17) is 14.2 Å². The Bertz CT molecular complexity index is 1210. The van der Waals surface area contributed by atoms with E-state index in [-0.39, 0.29) is 37.5 Å². The van der Waals surface area contributed by atoms with Crippen LogP contribution in [0.25, 0.3) is 0 Å². The lowest BCUT2D eigenvalue weighted by Crippen LogP contribution is -2.30. The van der Waals surface area contributed by atoms with E-state index in [1.54, 1.807) is 0 Å². The Hall–Kier alpha value is -2.89. The molecule has 0 unspecified atom stereocenters. The molecule has 0 fully saturated rings. The molecule has 0 rings (SSSR count). The zero-order valence-corrected chi connectivity index (χ0v) is 44.4. The van der Waals surface area contributed by atoms with Crippen molar-refractivity contribution in [1.82, 2.24) is 0 Å². The van der Waals surface area contributed by atoms with Crippen LogP contribution in [0.3, 0.4) is 0 Å². The number of carbonyl (C=O) groups is 3. The molecule has 6 nitrogen and oxygen atoms in total. The molecule has 0 aromatic rings. The molecule has 0 N–H and O–H groups in total. The van der Waals surface area contributed by atoms with E-state index in [0.717, 1.165) is 64.2 Å². The molecule has 1 atom stereocenters. The van der Waals surface area contributed by atoms with Gasteiger partial charge in [-0.25, -0.2) is 0 Å². The van der Waals surface area contributed by atoms with E-state index in [0.29, 0.717) is 19.3 Å². The highest BCUT2D eigenvalue weighted by Gasteiger charge is 2.19. The van der Waals surface area contributed by atoms with Crippen LogP contribution in [0.15, 0.2) is 60.8 Å². The standard InChI is InChI=1S/C61H108O6/c1-4-7-10-13-16-19-22-25-28-29-30-31-34-36-39-42-45-48-51-54-60(63)66-57-58(67-61(64)55-52-49-46-43-40-37-33-27-24-21-18-15-12-9-6-3)56-65-59(62)53-50-47-44-41-38-35-32-26-23-20-17-14-11-8-5-2/h18,20-21,23,25,27-28,33,40,43,58H,4-17,19,22,24,26,29-32,34-39,41-42,44-57H2,1-3H3/b21-18-,23-20-,28-25-,33-27-,43-40-/t58-/m0/s1. The first kappa shape index (κ1) is 64.1. The third kappa shape index (κ3) is 53.9. The van der Waals surface area contributed by atoms with Crippen LogP contribution < -0.4 is 0 Å². The van der Waals surface area contributed by atoms with E-state index in [1.807, 2.05) is 0 Å². The number of hydrogen-bond donors (Lipinski definition) is 0. The summed E-state index contributed by atoms with van der Waals surface area (Å²) in [5.74, 6) is -0.926. The van der Waals surface area contributed by atoms with E-state index in [9.17, 15) is 14.4 Å². The van der Waals surface area contributed by atoms with Crippen molar-refractivity contribution in [2.75, 3.05) is 13.2 Å². The van der Waals surface area contributed by atoms with Crippen molar-refractivity contribution in [1.29, 1.82) is 0 Å². The van der Waals surface area contributed by atoms with E-state index >= 15 is 0 Å². The molecular formula is C61H108O6. The van der Waals surface area contributed by atoms with Crippen LogP contribution in [0, 0.1) is 0 Å². The molecule has 0 saturated heterocycles. The van der Waals surface area contributed by atoms with Gasteiger partial charge in [-0.2, -0.15) is 0 Å². The number of hydrogen-bond acceptors (Lipinski definition) is 6. The molecule has 0 aromatic carbocycles. The Morgan fingerprint density at radius 3 is 0.925 bits per heavy atom. The number of allylic oxidation sites excluding steroid dienone is 10. The zero-order valence-electron chi connectivity index (χ0n) is 44.4. The summed E-state index contributed by atoms with van der Waals surface area (Å²) in [4.78, 5) is 38.1. The maximum atomic E-state index is 12.8. The molecule has 0 bridgehead atoms. The van der Waals surface area contributed by atoms with Gasteiger partial charge in [-0.1, -0.05) is 223 Å². The summed E-state index contributed by atoms with van der Waals surface area (Å²) in [5.41, 5.74) is 0.